The third-order valence-electron chi connectivity index (χ3n) is 2.02. The summed E-state index contributed by atoms with van der Waals surface area (Å²) >= 11 is 0. The number of hydrogen-bond donors (Lipinski definition) is 3. The Morgan fingerprint density at radius 2 is 2.00 bits per heavy atom. The topological polar surface area (TPSA) is 67.6 Å². The van der Waals surface area contributed by atoms with E-state index in [2.05, 4.69) is 0 Å². The van der Waals surface area contributed by atoms with Crippen LogP contribution in [0.25, 0.3) is 0 Å². The van der Waals surface area contributed by atoms with Crippen LogP contribution in [-0.2, 0) is 6.42 Å². The van der Waals surface area contributed by atoms with Crippen LogP contribution in [-0.4, -0.2) is 21.5 Å². The Hall–Kier alpha value is -1.39. The summed E-state index contributed by atoms with van der Waals surface area (Å²) in [7, 11) is 0. The van der Waals surface area contributed by atoms with Gasteiger partial charge in [0, 0.05) is 5.56 Å². The van der Waals surface area contributed by atoms with E-state index in [0.717, 1.165) is 17.5 Å². The molecule has 0 bridgehead atoms. The molecule has 1 rings (SSSR count). The van der Waals surface area contributed by atoms with Crippen LogP contribution in [0.4, 0.5) is 0 Å². The quantitative estimate of drug-likeness (QED) is 0.383. The number of hydrogen-bond acceptors (Lipinski definition) is 3. The largest absolute Gasteiger partial charge is 0.280 e. The maximum atomic E-state index is 8.69. The van der Waals surface area contributed by atoms with E-state index in [1.54, 1.807) is 12.1 Å². The Balaban J connectivity index is 3.09. The Kier molecular flexibility index (Phi) is 3.22. The zero-order valence-corrected chi connectivity index (χ0v) is 8.28. The van der Waals surface area contributed by atoms with E-state index in [4.69, 9.17) is 15.8 Å². The molecule has 1 aromatic rings. The highest BCUT2D eigenvalue weighted by atomic mass is 16.8. The van der Waals surface area contributed by atoms with Crippen molar-refractivity contribution in [2.45, 2.75) is 20.3 Å². The van der Waals surface area contributed by atoms with E-state index in [9.17, 15) is 0 Å². The average Bonchev–Trinajstić information content (AvgIpc) is 2.15. The van der Waals surface area contributed by atoms with Crippen molar-refractivity contribution in [3.05, 3.63) is 34.9 Å². The molecule has 0 aliphatic heterocycles. The van der Waals surface area contributed by atoms with Crippen LogP contribution in [0.3, 0.4) is 0 Å². The molecular weight excluding hydrogens is 180 g/mol. The smallest absolute Gasteiger partial charge is 0.183 e. The minimum Gasteiger partial charge on any atom is -0.280 e. The second kappa shape index (κ2) is 4.21. The van der Waals surface area contributed by atoms with Crippen molar-refractivity contribution in [1.29, 1.82) is 5.41 Å². The first kappa shape index (κ1) is 10.7. The van der Waals surface area contributed by atoms with Gasteiger partial charge in [0.2, 0.25) is 0 Å². The zero-order valence-electron chi connectivity index (χ0n) is 8.28. The first-order valence-electron chi connectivity index (χ1n) is 4.42. The molecule has 14 heavy (non-hydrogen) atoms. The lowest BCUT2D eigenvalue weighted by molar-refractivity contribution is -0.244. The Morgan fingerprint density at radius 1 is 1.36 bits per heavy atom. The third kappa shape index (κ3) is 2.31. The molecule has 1 aromatic carbocycles. The monoisotopic (exact) mass is 194 g/mol. The number of aryl methyl sites for hydroxylation is 2. The molecule has 0 radical (unpaired) electrons. The summed E-state index contributed by atoms with van der Waals surface area (Å²) in [5.74, 6) is -0.316. The minimum absolute atomic E-state index is 0.172. The molecule has 0 aliphatic carbocycles. The minimum atomic E-state index is -0.316. The normalized spacial score (nSPS) is 10.0. The van der Waals surface area contributed by atoms with Crippen molar-refractivity contribution in [3.63, 3.8) is 0 Å². The van der Waals surface area contributed by atoms with Gasteiger partial charge in [-0.3, -0.25) is 15.8 Å². The predicted molar refractivity (Wildman–Crippen MR) is 52.8 cm³/mol. The molecule has 0 amide bonds. The number of hydroxylamine groups is 2. The van der Waals surface area contributed by atoms with Crippen molar-refractivity contribution in [2.75, 3.05) is 0 Å². The Bertz CT molecular complexity index is 348. The highest BCUT2D eigenvalue weighted by molar-refractivity contribution is 5.95. The zero-order chi connectivity index (χ0) is 10.7. The molecule has 4 nitrogen and oxygen atoms in total. The third-order valence-corrected chi connectivity index (χ3v) is 2.02. The van der Waals surface area contributed by atoms with Gasteiger partial charge < -0.3 is 0 Å². The van der Waals surface area contributed by atoms with Gasteiger partial charge in [-0.1, -0.05) is 18.6 Å². The van der Waals surface area contributed by atoms with Crippen molar-refractivity contribution in [3.8, 4) is 0 Å². The molecule has 3 N–H and O–H groups in total. The van der Waals surface area contributed by atoms with Gasteiger partial charge in [-0.2, -0.15) is 0 Å². The molecule has 76 valence electrons. The maximum Gasteiger partial charge on any atom is 0.183 e. The molecule has 0 spiro atoms. The van der Waals surface area contributed by atoms with Gasteiger partial charge in [-0.25, -0.2) is 0 Å². The fraction of sp³-hybridized carbons (Fsp3) is 0.300. The van der Waals surface area contributed by atoms with Crippen LogP contribution in [0, 0.1) is 12.3 Å². The van der Waals surface area contributed by atoms with Crippen molar-refractivity contribution in [2.24, 2.45) is 0 Å². The molecule has 4 heteroatoms. The molecular formula is C10H14N2O2. The van der Waals surface area contributed by atoms with Gasteiger partial charge in [0.25, 0.3) is 0 Å². The van der Waals surface area contributed by atoms with Crippen LogP contribution in [0.15, 0.2) is 18.2 Å². The van der Waals surface area contributed by atoms with Gasteiger partial charge in [-0.05, 0) is 31.0 Å². The van der Waals surface area contributed by atoms with Crippen molar-refractivity contribution >= 4 is 5.84 Å². The summed E-state index contributed by atoms with van der Waals surface area (Å²) in [4.78, 5) is 0. The van der Waals surface area contributed by atoms with Gasteiger partial charge in [0.05, 0.1) is 0 Å². The highest BCUT2D eigenvalue weighted by Gasteiger charge is 2.07. The summed E-state index contributed by atoms with van der Waals surface area (Å²) < 4.78 is 0. The first-order chi connectivity index (χ1) is 6.54. The molecule has 0 saturated carbocycles. The molecule has 0 aromatic heterocycles. The second-order valence-electron chi connectivity index (χ2n) is 3.20. The van der Waals surface area contributed by atoms with Crippen molar-refractivity contribution in [1.82, 2.24) is 5.23 Å². The van der Waals surface area contributed by atoms with Crippen LogP contribution >= 0.6 is 0 Å². The van der Waals surface area contributed by atoms with Crippen LogP contribution in [0.1, 0.15) is 23.6 Å². The molecule has 0 fully saturated rings. The van der Waals surface area contributed by atoms with E-state index < -0.39 is 0 Å². The van der Waals surface area contributed by atoms with Crippen LogP contribution in [0.5, 0.6) is 0 Å². The number of benzene rings is 1. The fourth-order valence-corrected chi connectivity index (χ4v) is 1.32. The van der Waals surface area contributed by atoms with Crippen LogP contribution < -0.4 is 0 Å². The second-order valence-corrected chi connectivity index (χ2v) is 3.20. The summed E-state index contributed by atoms with van der Waals surface area (Å²) in [6.07, 6.45) is 0.860. The lowest BCUT2D eigenvalue weighted by Gasteiger charge is -2.11. The van der Waals surface area contributed by atoms with Crippen molar-refractivity contribution < 1.29 is 10.4 Å². The fourth-order valence-electron chi connectivity index (χ4n) is 1.32. The molecule has 0 heterocycles. The summed E-state index contributed by atoms with van der Waals surface area (Å²) in [6.45, 7) is 3.92. The van der Waals surface area contributed by atoms with E-state index >= 15 is 0 Å². The van der Waals surface area contributed by atoms with Gasteiger partial charge in [0.15, 0.2) is 5.84 Å². The standard InChI is InChI=1S/C10H14N2O2/c1-3-8-4-7(2)5-9(6-8)10(11)12(13)14/h4-6,11,13-14H,3H2,1-2H3. The average molecular weight is 194 g/mol. The number of nitrogens with zero attached hydrogens (tertiary/aromatic N) is 1. The van der Waals surface area contributed by atoms with Gasteiger partial charge >= 0.3 is 0 Å². The highest BCUT2D eigenvalue weighted by Crippen LogP contribution is 2.11. The van der Waals surface area contributed by atoms with E-state index in [1.807, 2.05) is 19.9 Å². The van der Waals surface area contributed by atoms with Crippen LogP contribution in [0.2, 0.25) is 0 Å². The molecule has 0 aliphatic rings. The predicted octanol–water partition coefficient (Wildman–Crippen LogP) is 1.96. The number of rotatable bonds is 2. The van der Waals surface area contributed by atoms with E-state index in [-0.39, 0.29) is 11.1 Å². The number of amidine groups is 1. The summed E-state index contributed by atoms with van der Waals surface area (Å²) in [5, 5.41) is 24.6. The number of nitrogens with one attached hydrogen (secondary N) is 1. The molecule has 0 unspecified atom stereocenters. The Labute approximate surface area is 82.8 Å². The van der Waals surface area contributed by atoms with E-state index in [0.29, 0.717) is 5.56 Å². The SMILES string of the molecule is CCc1cc(C)cc(C(=N)N(O)O)c1. The Morgan fingerprint density at radius 3 is 2.50 bits per heavy atom. The summed E-state index contributed by atoms with van der Waals surface area (Å²) in [6, 6.07) is 5.52. The van der Waals surface area contributed by atoms with Gasteiger partial charge in [0.1, 0.15) is 0 Å². The lowest BCUT2D eigenvalue weighted by Crippen LogP contribution is -2.23. The molecule has 0 atom stereocenters. The van der Waals surface area contributed by atoms with Gasteiger partial charge in [-0.15, -0.1) is 5.23 Å². The van der Waals surface area contributed by atoms with E-state index in [1.165, 1.54) is 0 Å². The maximum absolute atomic E-state index is 8.69. The summed E-state index contributed by atoms with van der Waals surface area (Å²) in [5.41, 5.74) is 2.59. The lowest BCUT2D eigenvalue weighted by atomic mass is 10.0. The molecule has 0 saturated heterocycles. The first-order valence-corrected chi connectivity index (χ1v) is 4.42.